The minimum absolute atomic E-state index is 0.0503. The van der Waals surface area contributed by atoms with E-state index in [2.05, 4.69) is 21.2 Å². The molecule has 1 unspecified atom stereocenters. The molecule has 27 heavy (non-hydrogen) atoms. The smallest absolute Gasteiger partial charge is 0.238 e. The van der Waals surface area contributed by atoms with E-state index in [9.17, 15) is 13.2 Å². The lowest BCUT2D eigenvalue weighted by molar-refractivity contribution is -0.125. The van der Waals surface area contributed by atoms with Crippen LogP contribution in [0, 0.1) is 0 Å². The van der Waals surface area contributed by atoms with Crippen LogP contribution in [0.5, 0.6) is 0 Å². The number of primary sulfonamides is 1. The molecule has 0 aromatic heterocycles. The molecule has 2 aromatic carbocycles. The molecule has 0 aliphatic rings. The van der Waals surface area contributed by atoms with E-state index in [0.29, 0.717) is 19.5 Å². The standard InChI is InChI=1S/C19H24BrN3O3S/c1-14(23(2)13-16-5-3-4-6-18(16)20)19(24)22-12-11-15-7-9-17(10-8-15)27(21,25)26/h3-10,14H,11-13H2,1-2H3,(H,22,24)(H2,21,25,26). The fourth-order valence-electron chi connectivity index (χ4n) is 2.56. The zero-order valence-corrected chi connectivity index (χ0v) is 17.8. The van der Waals surface area contributed by atoms with E-state index < -0.39 is 10.0 Å². The van der Waals surface area contributed by atoms with E-state index in [1.54, 1.807) is 12.1 Å². The van der Waals surface area contributed by atoms with E-state index in [4.69, 9.17) is 5.14 Å². The van der Waals surface area contributed by atoms with Gasteiger partial charge in [-0.2, -0.15) is 0 Å². The lowest BCUT2D eigenvalue weighted by Crippen LogP contribution is -2.43. The van der Waals surface area contributed by atoms with E-state index in [1.165, 1.54) is 12.1 Å². The Morgan fingerprint density at radius 2 is 1.81 bits per heavy atom. The number of sulfonamides is 1. The molecule has 1 atom stereocenters. The first kappa shape index (κ1) is 21.6. The molecule has 1 amide bonds. The SMILES string of the molecule is CC(C(=O)NCCc1ccc(S(N)(=O)=O)cc1)N(C)Cc1ccccc1Br. The number of hydrogen-bond acceptors (Lipinski definition) is 4. The minimum atomic E-state index is -3.68. The Hall–Kier alpha value is -1.74. The van der Waals surface area contributed by atoms with Crippen molar-refractivity contribution in [3.63, 3.8) is 0 Å². The Morgan fingerprint density at radius 1 is 1.19 bits per heavy atom. The number of likely N-dealkylation sites (N-methyl/N-ethyl adjacent to an activating group) is 1. The monoisotopic (exact) mass is 453 g/mol. The number of halogens is 1. The van der Waals surface area contributed by atoms with Gasteiger partial charge in [-0.1, -0.05) is 46.3 Å². The lowest BCUT2D eigenvalue weighted by Gasteiger charge is -2.24. The summed E-state index contributed by atoms with van der Waals surface area (Å²) in [6, 6.07) is 14.0. The highest BCUT2D eigenvalue weighted by molar-refractivity contribution is 9.10. The summed E-state index contributed by atoms with van der Waals surface area (Å²) in [4.78, 5) is 14.4. The second-order valence-corrected chi connectivity index (χ2v) is 8.83. The van der Waals surface area contributed by atoms with Crippen LogP contribution in [0.2, 0.25) is 0 Å². The Labute approximate surface area is 168 Å². The van der Waals surface area contributed by atoms with E-state index >= 15 is 0 Å². The summed E-state index contributed by atoms with van der Waals surface area (Å²) in [6.07, 6.45) is 0.608. The summed E-state index contributed by atoms with van der Waals surface area (Å²) < 4.78 is 23.5. The Bertz CT molecular complexity index is 885. The summed E-state index contributed by atoms with van der Waals surface area (Å²) >= 11 is 3.52. The maximum atomic E-state index is 12.4. The van der Waals surface area contributed by atoms with Gasteiger partial charge in [-0.3, -0.25) is 9.69 Å². The molecule has 146 valence electrons. The molecule has 0 radical (unpaired) electrons. The predicted octanol–water partition coefficient (Wildman–Crippen LogP) is 2.28. The largest absolute Gasteiger partial charge is 0.354 e. The fourth-order valence-corrected chi connectivity index (χ4v) is 3.48. The lowest BCUT2D eigenvalue weighted by atomic mass is 10.1. The van der Waals surface area contributed by atoms with E-state index in [0.717, 1.165) is 15.6 Å². The van der Waals surface area contributed by atoms with Crippen molar-refractivity contribution in [3.8, 4) is 0 Å². The highest BCUT2D eigenvalue weighted by Gasteiger charge is 2.18. The highest BCUT2D eigenvalue weighted by Crippen LogP contribution is 2.18. The van der Waals surface area contributed by atoms with Crippen molar-refractivity contribution in [2.45, 2.75) is 30.8 Å². The number of nitrogens with one attached hydrogen (secondary N) is 1. The molecule has 0 bridgehead atoms. The molecule has 0 fully saturated rings. The Balaban J connectivity index is 1.83. The van der Waals surface area contributed by atoms with Gasteiger partial charge < -0.3 is 5.32 Å². The fraction of sp³-hybridized carbons (Fsp3) is 0.316. The van der Waals surface area contributed by atoms with Crippen molar-refractivity contribution in [2.75, 3.05) is 13.6 Å². The Morgan fingerprint density at radius 3 is 2.41 bits per heavy atom. The molecule has 8 heteroatoms. The number of nitrogens with zero attached hydrogens (tertiary/aromatic N) is 1. The number of benzene rings is 2. The molecule has 0 aliphatic carbocycles. The number of hydrogen-bond donors (Lipinski definition) is 2. The van der Waals surface area contributed by atoms with Crippen molar-refractivity contribution in [1.29, 1.82) is 0 Å². The van der Waals surface area contributed by atoms with Gasteiger partial charge in [-0.25, -0.2) is 13.6 Å². The van der Waals surface area contributed by atoms with Crippen LogP contribution in [0.4, 0.5) is 0 Å². The molecule has 2 aromatic rings. The maximum absolute atomic E-state index is 12.4. The molecule has 2 rings (SSSR count). The summed E-state index contributed by atoms with van der Waals surface area (Å²) in [5, 5.41) is 8.00. The molecule has 0 aliphatic heterocycles. The van der Waals surface area contributed by atoms with Crippen LogP contribution >= 0.6 is 15.9 Å². The van der Waals surface area contributed by atoms with Gasteiger partial charge in [0, 0.05) is 17.6 Å². The highest BCUT2D eigenvalue weighted by atomic mass is 79.9. The summed E-state index contributed by atoms with van der Waals surface area (Å²) in [5.74, 6) is -0.0503. The molecule has 6 nitrogen and oxygen atoms in total. The van der Waals surface area contributed by atoms with Crippen LogP contribution in [0.3, 0.4) is 0 Å². The number of nitrogens with two attached hydrogens (primary N) is 1. The second-order valence-electron chi connectivity index (χ2n) is 6.41. The van der Waals surface area contributed by atoms with E-state index in [-0.39, 0.29) is 16.8 Å². The number of amides is 1. The molecule has 0 saturated carbocycles. The van der Waals surface area contributed by atoms with Crippen LogP contribution < -0.4 is 10.5 Å². The van der Waals surface area contributed by atoms with Gasteiger partial charge in [-0.05, 0) is 49.7 Å². The summed E-state index contributed by atoms with van der Waals surface area (Å²) in [7, 11) is -1.77. The summed E-state index contributed by atoms with van der Waals surface area (Å²) in [5.41, 5.74) is 2.05. The van der Waals surface area contributed by atoms with Gasteiger partial charge in [0.25, 0.3) is 0 Å². The number of carbonyl (C=O) groups is 1. The molecule has 3 N–H and O–H groups in total. The average Bonchev–Trinajstić information content (AvgIpc) is 2.62. The molecule has 0 spiro atoms. The Kier molecular flexibility index (Phi) is 7.55. The summed E-state index contributed by atoms with van der Waals surface area (Å²) in [6.45, 7) is 3.00. The van der Waals surface area contributed by atoms with Crippen LogP contribution in [0.15, 0.2) is 57.9 Å². The van der Waals surface area contributed by atoms with Gasteiger partial charge in [0.1, 0.15) is 0 Å². The van der Waals surface area contributed by atoms with Gasteiger partial charge in [0.2, 0.25) is 15.9 Å². The van der Waals surface area contributed by atoms with Gasteiger partial charge in [0.15, 0.2) is 0 Å². The zero-order chi connectivity index (χ0) is 20.0. The molecular weight excluding hydrogens is 430 g/mol. The number of rotatable bonds is 8. The van der Waals surface area contributed by atoms with E-state index in [1.807, 2.05) is 43.1 Å². The van der Waals surface area contributed by atoms with Crippen LogP contribution in [0.25, 0.3) is 0 Å². The van der Waals surface area contributed by atoms with Crippen molar-refractivity contribution >= 4 is 31.9 Å². The third-order valence-electron chi connectivity index (χ3n) is 4.38. The molecular formula is C19H24BrN3O3S. The average molecular weight is 454 g/mol. The minimum Gasteiger partial charge on any atom is -0.354 e. The second kappa shape index (κ2) is 9.45. The first-order chi connectivity index (χ1) is 12.7. The third-order valence-corrected chi connectivity index (χ3v) is 6.09. The third kappa shape index (κ3) is 6.42. The van der Waals surface area contributed by atoms with Gasteiger partial charge in [-0.15, -0.1) is 0 Å². The predicted molar refractivity (Wildman–Crippen MR) is 110 cm³/mol. The van der Waals surface area contributed by atoms with Gasteiger partial charge in [0.05, 0.1) is 10.9 Å². The topological polar surface area (TPSA) is 92.5 Å². The van der Waals surface area contributed by atoms with Crippen LogP contribution in [-0.2, 0) is 27.8 Å². The van der Waals surface area contributed by atoms with Crippen molar-refractivity contribution in [2.24, 2.45) is 5.14 Å². The quantitative estimate of drug-likeness (QED) is 0.640. The van der Waals surface area contributed by atoms with Crippen molar-refractivity contribution in [1.82, 2.24) is 10.2 Å². The molecule has 0 heterocycles. The zero-order valence-electron chi connectivity index (χ0n) is 15.4. The first-order valence-corrected chi connectivity index (χ1v) is 10.9. The molecule has 0 saturated heterocycles. The van der Waals surface area contributed by atoms with Crippen molar-refractivity contribution in [3.05, 3.63) is 64.1 Å². The van der Waals surface area contributed by atoms with Crippen molar-refractivity contribution < 1.29 is 13.2 Å². The van der Waals surface area contributed by atoms with Crippen LogP contribution in [0.1, 0.15) is 18.1 Å². The number of carbonyl (C=O) groups excluding carboxylic acids is 1. The normalized spacial score (nSPS) is 12.8. The maximum Gasteiger partial charge on any atom is 0.238 e. The first-order valence-electron chi connectivity index (χ1n) is 8.51. The van der Waals surface area contributed by atoms with Crippen LogP contribution in [-0.4, -0.2) is 38.9 Å². The van der Waals surface area contributed by atoms with Gasteiger partial charge >= 0.3 is 0 Å².